The second-order valence-corrected chi connectivity index (χ2v) is 10.6. The molecule has 7 rings (SSSR count). The van der Waals surface area contributed by atoms with Crippen molar-refractivity contribution in [2.75, 3.05) is 26.3 Å². The number of aromatic nitrogens is 2. The summed E-state index contributed by atoms with van der Waals surface area (Å²) in [5, 5.41) is 5.89. The first kappa shape index (κ1) is 26.5. The van der Waals surface area contributed by atoms with E-state index in [1.54, 1.807) is 42.2 Å². The van der Waals surface area contributed by atoms with Crippen molar-refractivity contribution in [1.82, 2.24) is 25.5 Å². The highest BCUT2D eigenvalue weighted by molar-refractivity contribution is 5.96. The molecule has 1 aromatic heterocycles. The van der Waals surface area contributed by atoms with Crippen LogP contribution < -0.4 is 24.8 Å². The van der Waals surface area contributed by atoms with Gasteiger partial charge in [0, 0.05) is 37.1 Å². The Balaban J connectivity index is 1.28. The number of amides is 3. The van der Waals surface area contributed by atoms with Gasteiger partial charge in [0.05, 0.1) is 24.8 Å². The lowest BCUT2D eigenvalue weighted by molar-refractivity contribution is -0.123. The molecular weight excluding hydrogens is 526 g/mol. The van der Waals surface area contributed by atoms with Crippen molar-refractivity contribution in [3.8, 4) is 17.2 Å². The first-order valence-corrected chi connectivity index (χ1v) is 13.7. The van der Waals surface area contributed by atoms with Gasteiger partial charge in [-0.2, -0.15) is 0 Å². The van der Waals surface area contributed by atoms with Crippen LogP contribution in [0.5, 0.6) is 17.2 Å². The summed E-state index contributed by atoms with van der Waals surface area (Å²) < 4.78 is 18.0. The van der Waals surface area contributed by atoms with Gasteiger partial charge in [-0.3, -0.25) is 14.4 Å². The molecule has 4 aliphatic rings. The Labute approximate surface area is 237 Å². The molecule has 4 bridgehead atoms. The summed E-state index contributed by atoms with van der Waals surface area (Å²) >= 11 is 0. The highest BCUT2D eigenvalue weighted by Gasteiger charge is 2.38. The monoisotopic (exact) mass is 557 g/mol. The molecule has 0 spiro atoms. The predicted octanol–water partition coefficient (Wildman–Crippen LogP) is 2.28. The number of likely N-dealkylation sites (tertiary alicyclic amines) is 1. The van der Waals surface area contributed by atoms with E-state index < -0.39 is 12.1 Å². The summed E-state index contributed by atoms with van der Waals surface area (Å²) in [7, 11) is 0. The van der Waals surface area contributed by atoms with E-state index >= 15 is 0 Å². The Bertz CT molecular complexity index is 1440. The van der Waals surface area contributed by atoms with E-state index in [2.05, 4.69) is 20.6 Å². The lowest BCUT2D eigenvalue weighted by atomic mass is 10.1. The summed E-state index contributed by atoms with van der Waals surface area (Å²) in [6, 6.07) is 11.8. The van der Waals surface area contributed by atoms with Crippen LogP contribution in [0.3, 0.4) is 0 Å². The van der Waals surface area contributed by atoms with E-state index in [9.17, 15) is 14.4 Å². The van der Waals surface area contributed by atoms with Crippen LogP contribution in [0.1, 0.15) is 44.9 Å². The Morgan fingerprint density at radius 1 is 1.05 bits per heavy atom. The van der Waals surface area contributed by atoms with Gasteiger partial charge in [0.15, 0.2) is 6.61 Å². The number of rotatable bonds is 4. The third-order valence-electron chi connectivity index (χ3n) is 7.29. The maximum atomic E-state index is 13.6. The number of nitrogens with zero attached hydrogens (tertiary/aromatic N) is 3. The molecule has 0 unspecified atom stereocenters. The zero-order chi connectivity index (χ0) is 28.3. The van der Waals surface area contributed by atoms with Crippen LogP contribution in [0, 0.1) is 12.8 Å². The van der Waals surface area contributed by atoms with Crippen molar-refractivity contribution >= 4 is 17.7 Å². The molecule has 4 heterocycles. The van der Waals surface area contributed by atoms with Crippen molar-refractivity contribution in [3.05, 3.63) is 77.4 Å². The highest BCUT2D eigenvalue weighted by Crippen LogP contribution is 2.31. The first-order valence-electron chi connectivity index (χ1n) is 13.7. The Hall–Kier alpha value is -4.67. The highest BCUT2D eigenvalue weighted by atomic mass is 16.5. The summed E-state index contributed by atoms with van der Waals surface area (Å²) in [6.45, 7) is 2.92. The molecule has 11 heteroatoms. The lowest BCUT2D eigenvalue weighted by Crippen LogP contribution is -2.45. The molecular formula is C30H31N5O6. The number of carbonyl (C=O) groups excluding carboxylic acids is 3. The van der Waals surface area contributed by atoms with Gasteiger partial charge >= 0.3 is 0 Å². The second kappa shape index (κ2) is 11.4. The standard InChI is InChI=1S/C30H31N5O6/c1-18-31-12-22(13-32-18)30(38)35-14-26-27(15-35)41-23-6-4-19(5-7-23)11-33-28(36)17-40-25-9-21(29(37)34-26)8-24(10-25)39-16-20-2-3-20/h4-10,12-13,20,26-27H,2-3,11,14-17H2,1H3,(H,33,36)(H,34,37)/t26-,27-/m0/s1. The molecule has 11 nitrogen and oxygen atoms in total. The first-order chi connectivity index (χ1) is 19.9. The number of benzene rings is 2. The van der Waals surface area contributed by atoms with Crippen LogP contribution in [-0.2, 0) is 11.3 Å². The normalized spacial score (nSPS) is 20.7. The smallest absolute Gasteiger partial charge is 0.258 e. The van der Waals surface area contributed by atoms with Crippen molar-refractivity contribution in [1.29, 1.82) is 0 Å². The molecule has 2 atom stereocenters. The SMILES string of the molecule is Cc1ncc(C(=O)N2C[C@@H]3NC(=O)c4cc(cc(OCC5CC5)c4)OCC(=O)NCc4ccc(cc4)O[C@H]3C2)cn1. The van der Waals surface area contributed by atoms with Crippen LogP contribution in [0.2, 0.25) is 0 Å². The molecule has 212 valence electrons. The average molecular weight is 558 g/mol. The van der Waals surface area contributed by atoms with Gasteiger partial charge in [-0.1, -0.05) is 12.1 Å². The molecule has 1 saturated heterocycles. The minimum Gasteiger partial charge on any atom is -0.493 e. The molecule has 3 aliphatic heterocycles. The van der Waals surface area contributed by atoms with Crippen molar-refractivity contribution in [2.45, 2.75) is 38.5 Å². The minimum atomic E-state index is -0.513. The molecule has 3 aromatic rings. The molecule has 41 heavy (non-hydrogen) atoms. The molecule has 0 radical (unpaired) electrons. The predicted molar refractivity (Wildman–Crippen MR) is 147 cm³/mol. The zero-order valence-electron chi connectivity index (χ0n) is 22.7. The van der Waals surface area contributed by atoms with Crippen LogP contribution in [-0.4, -0.2) is 71.0 Å². The van der Waals surface area contributed by atoms with Gasteiger partial charge in [-0.15, -0.1) is 0 Å². The van der Waals surface area contributed by atoms with E-state index in [1.165, 1.54) is 12.4 Å². The third-order valence-corrected chi connectivity index (χ3v) is 7.29. The number of ether oxygens (including phenoxy) is 3. The van der Waals surface area contributed by atoms with Crippen LogP contribution >= 0.6 is 0 Å². The topological polar surface area (TPSA) is 132 Å². The Morgan fingerprint density at radius 3 is 2.59 bits per heavy atom. The number of hydrogen-bond acceptors (Lipinski definition) is 8. The summed E-state index contributed by atoms with van der Waals surface area (Å²) in [4.78, 5) is 49.2. The van der Waals surface area contributed by atoms with E-state index in [0.717, 1.165) is 18.4 Å². The number of fused-ring (bicyclic) bond motifs is 7. The van der Waals surface area contributed by atoms with E-state index in [1.807, 2.05) is 12.1 Å². The second-order valence-electron chi connectivity index (χ2n) is 10.6. The van der Waals surface area contributed by atoms with Crippen molar-refractivity contribution < 1.29 is 28.6 Å². The molecule has 1 saturated carbocycles. The minimum absolute atomic E-state index is 0.209. The molecule has 2 N–H and O–H groups in total. The van der Waals surface area contributed by atoms with E-state index in [4.69, 9.17) is 14.2 Å². The summed E-state index contributed by atoms with van der Waals surface area (Å²) in [5.74, 6) is 1.61. The molecule has 3 amide bonds. The number of carbonyl (C=O) groups is 3. The van der Waals surface area contributed by atoms with Crippen LogP contribution in [0.25, 0.3) is 0 Å². The average Bonchev–Trinajstić information content (AvgIpc) is 3.74. The van der Waals surface area contributed by atoms with Crippen LogP contribution in [0.4, 0.5) is 0 Å². The fraction of sp³-hybridized carbons (Fsp3) is 0.367. The zero-order valence-corrected chi connectivity index (χ0v) is 22.7. The number of aryl methyl sites for hydroxylation is 1. The van der Waals surface area contributed by atoms with Crippen molar-refractivity contribution in [3.63, 3.8) is 0 Å². The molecule has 1 aliphatic carbocycles. The fourth-order valence-corrected chi connectivity index (χ4v) is 4.76. The lowest BCUT2D eigenvalue weighted by Gasteiger charge is -2.21. The van der Waals surface area contributed by atoms with Gasteiger partial charge in [0.2, 0.25) is 0 Å². The Kier molecular flexibility index (Phi) is 7.41. The Morgan fingerprint density at radius 2 is 1.83 bits per heavy atom. The van der Waals surface area contributed by atoms with Gasteiger partial charge in [-0.05, 0) is 55.5 Å². The summed E-state index contributed by atoms with van der Waals surface area (Å²) in [5.41, 5.74) is 1.57. The third kappa shape index (κ3) is 6.56. The molecule has 2 fully saturated rings. The number of hydrogen-bond donors (Lipinski definition) is 2. The van der Waals surface area contributed by atoms with E-state index in [0.29, 0.717) is 53.3 Å². The van der Waals surface area contributed by atoms with Gasteiger partial charge in [0.1, 0.15) is 29.2 Å². The van der Waals surface area contributed by atoms with Crippen molar-refractivity contribution in [2.24, 2.45) is 5.92 Å². The maximum absolute atomic E-state index is 13.6. The quantitative estimate of drug-likeness (QED) is 0.500. The maximum Gasteiger partial charge on any atom is 0.258 e. The van der Waals surface area contributed by atoms with Crippen LogP contribution in [0.15, 0.2) is 54.9 Å². The van der Waals surface area contributed by atoms with Gasteiger partial charge < -0.3 is 29.7 Å². The molecule has 2 aromatic carbocycles. The van der Waals surface area contributed by atoms with Gasteiger partial charge in [-0.25, -0.2) is 9.97 Å². The van der Waals surface area contributed by atoms with E-state index in [-0.39, 0.29) is 37.4 Å². The van der Waals surface area contributed by atoms with Gasteiger partial charge in [0.25, 0.3) is 17.7 Å². The summed E-state index contributed by atoms with van der Waals surface area (Å²) in [6.07, 6.45) is 4.74. The largest absolute Gasteiger partial charge is 0.493 e. The fourth-order valence-electron chi connectivity index (χ4n) is 4.76. The number of nitrogens with one attached hydrogen (secondary N) is 2.